The summed E-state index contributed by atoms with van der Waals surface area (Å²) < 4.78 is 7.67. The Morgan fingerprint density at radius 3 is 2.03 bits per heavy atom. The Kier molecular flexibility index (Phi) is 7.05. The maximum absolute atomic E-state index is 12.3. The number of benzene rings is 3. The van der Waals surface area contributed by atoms with Gasteiger partial charge in [-0.05, 0) is 28.8 Å². The molecule has 0 fully saturated rings. The average molecular weight is 425 g/mol. The molecule has 0 saturated carbocycles. The monoisotopic (exact) mass is 424 g/mol. The molecule has 0 unspecified atom stereocenters. The maximum Gasteiger partial charge on any atom is 0.177 e. The fraction of sp³-hybridized carbons (Fsp3) is 0.143. The minimum atomic E-state index is -0.637. The van der Waals surface area contributed by atoms with Gasteiger partial charge in [-0.15, -0.1) is 0 Å². The number of aromatic nitrogens is 1. The number of hydrogen-bond acceptors (Lipinski definition) is 3. The summed E-state index contributed by atoms with van der Waals surface area (Å²) in [4.78, 5) is 12.3. The van der Waals surface area contributed by atoms with E-state index >= 15 is 0 Å². The summed E-state index contributed by atoms with van der Waals surface area (Å²) in [5.74, 6) is 0.759. The summed E-state index contributed by atoms with van der Waals surface area (Å²) in [5.41, 5.74) is 3.95. The number of nitrogens with zero attached hydrogens (tertiary/aromatic N) is 1. The molecule has 0 bridgehead atoms. The second kappa shape index (κ2) is 10.5. The number of ketones is 1. The largest absolute Gasteiger partial charge is 0.491 e. The summed E-state index contributed by atoms with van der Waals surface area (Å²) in [7, 11) is 0. The van der Waals surface area contributed by atoms with Crippen molar-refractivity contribution in [3.63, 3.8) is 0 Å². The molecule has 160 valence electrons. The van der Waals surface area contributed by atoms with E-state index in [-0.39, 0.29) is 12.4 Å². The van der Waals surface area contributed by atoms with Gasteiger partial charge in [0.15, 0.2) is 24.7 Å². The third kappa shape index (κ3) is 5.90. The van der Waals surface area contributed by atoms with E-state index in [2.05, 4.69) is 12.1 Å². The Hall–Kier alpha value is -3.76. The predicted molar refractivity (Wildman–Crippen MR) is 124 cm³/mol. The number of Topliss-reactive ketones (excluding diaryl/α,β-unsaturated/α-hetero) is 1. The van der Waals surface area contributed by atoms with E-state index in [1.165, 1.54) is 0 Å². The van der Waals surface area contributed by atoms with Crippen LogP contribution < -0.4 is 9.30 Å². The van der Waals surface area contributed by atoms with Crippen molar-refractivity contribution in [2.45, 2.75) is 19.1 Å². The van der Waals surface area contributed by atoms with Crippen molar-refractivity contribution in [1.82, 2.24) is 0 Å². The van der Waals surface area contributed by atoms with E-state index in [9.17, 15) is 9.90 Å². The maximum atomic E-state index is 12.3. The number of carbonyl (C=O) groups excluding carboxylic acids is 1. The summed E-state index contributed by atoms with van der Waals surface area (Å²) in [6, 6.07) is 31.0. The molecule has 4 aromatic rings. The first kappa shape index (κ1) is 21.5. The van der Waals surface area contributed by atoms with Crippen LogP contribution in [-0.2, 0) is 13.0 Å². The van der Waals surface area contributed by atoms with Crippen LogP contribution in [0, 0.1) is 0 Å². The summed E-state index contributed by atoms with van der Waals surface area (Å²) in [5, 5.41) is 10.4. The normalized spacial score (nSPS) is 11.7. The van der Waals surface area contributed by atoms with E-state index in [4.69, 9.17) is 4.74 Å². The molecule has 4 nitrogen and oxygen atoms in total. The molecule has 1 heterocycles. The molecule has 0 spiro atoms. The van der Waals surface area contributed by atoms with Crippen LogP contribution in [0.15, 0.2) is 109 Å². The van der Waals surface area contributed by atoms with Gasteiger partial charge in [-0.3, -0.25) is 4.79 Å². The van der Waals surface area contributed by atoms with Gasteiger partial charge >= 0.3 is 0 Å². The summed E-state index contributed by atoms with van der Waals surface area (Å²) >= 11 is 0. The SMILES string of the molecule is O=C(Cc1ccc(OC[C@H](O)C[n+]2ccc(-c3ccccc3)cc2)cc1)c1ccccc1. The van der Waals surface area contributed by atoms with Gasteiger partial charge < -0.3 is 9.84 Å². The molecule has 1 aromatic heterocycles. The molecule has 4 rings (SSSR count). The van der Waals surface area contributed by atoms with Gasteiger partial charge in [0.05, 0.1) is 0 Å². The van der Waals surface area contributed by atoms with Crippen molar-refractivity contribution in [2.24, 2.45) is 0 Å². The van der Waals surface area contributed by atoms with Crippen LogP contribution in [0.5, 0.6) is 5.75 Å². The lowest BCUT2D eigenvalue weighted by atomic mass is 10.0. The Morgan fingerprint density at radius 2 is 1.38 bits per heavy atom. The third-order valence-electron chi connectivity index (χ3n) is 5.25. The van der Waals surface area contributed by atoms with Crippen molar-refractivity contribution in [3.05, 3.63) is 121 Å². The van der Waals surface area contributed by atoms with Crippen molar-refractivity contribution in [3.8, 4) is 16.9 Å². The van der Waals surface area contributed by atoms with Gasteiger partial charge in [0.1, 0.15) is 18.5 Å². The highest BCUT2D eigenvalue weighted by Gasteiger charge is 2.13. The molecule has 4 heteroatoms. The highest BCUT2D eigenvalue weighted by molar-refractivity contribution is 5.97. The Morgan fingerprint density at radius 1 is 0.781 bits per heavy atom. The van der Waals surface area contributed by atoms with E-state index in [0.29, 0.717) is 24.3 Å². The lowest BCUT2D eigenvalue weighted by molar-refractivity contribution is -0.703. The zero-order chi connectivity index (χ0) is 22.2. The van der Waals surface area contributed by atoms with Crippen LogP contribution in [-0.4, -0.2) is 23.6 Å². The van der Waals surface area contributed by atoms with Crippen LogP contribution in [0.4, 0.5) is 0 Å². The quantitative estimate of drug-likeness (QED) is 0.318. The van der Waals surface area contributed by atoms with Gasteiger partial charge in [0.2, 0.25) is 0 Å². The molecule has 1 N–H and O–H groups in total. The second-order valence-corrected chi connectivity index (χ2v) is 7.72. The topological polar surface area (TPSA) is 50.4 Å². The first-order valence-corrected chi connectivity index (χ1v) is 10.7. The average Bonchev–Trinajstić information content (AvgIpc) is 2.85. The van der Waals surface area contributed by atoms with Crippen molar-refractivity contribution in [2.75, 3.05) is 6.61 Å². The minimum absolute atomic E-state index is 0.0880. The standard InChI is InChI=1S/C28H26NO3/c30-26(20-29-17-15-24(16-18-29)23-7-3-1-4-8-23)21-32-27-13-11-22(12-14-27)19-28(31)25-9-5-2-6-10-25/h1-18,26,30H,19-21H2/q+1/t26-/m1/s1. The summed E-state index contributed by atoms with van der Waals surface area (Å²) in [6.45, 7) is 0.633. The molecule has 32 heavy (non-hydrogen) atoms. The number of rotatable bonds is 9. The van der Waals surface area contributed by atoms with E-state index in [1.54, 1.807) is 0 Å². The van der Waals surface area contributed by atoms with E-state index in [0.717, 1.165) is 16.7 Å². The van der Waals surface area contributed by atoms with Crippen LogP contribution in [0.1, 0.15) is 15.9 Å². The van der Waals surface area contributed by atoms with E-state index in [1.807, 2.05) is 102 Å². The Balaban J connectivity index is 1.26. The molecule has 3 aromatic carbocycles. The molecular weight excluding hydrogens is 398 g/mol. The number of ether oxygens (including phenoxy) is 1. The number of pyridine rings is 1. The smallest absolute Gasteiger partial charge is 0.177 e. The predicted octanol–water partition coefficient (Wildman–Crippen LogP) is 4.51. The first-order chi connectivity index (χ1) is 15.7. The molecule has 0 aliphatic heterocycles. The van der Waals surface area contributed by atoms with Crippen molar-refractivity contribution < 1.29 is 19.2 Å². The molecule has 0 radical (unpaired) electrons. The van der Waals surface area contributed by atoms with Crippen molar-refractivity contribution >= 4 is 5.78 Å². The molecular formula is C28H26NO3+. The zero-order valence-electron chi connectivity index (χ0n) is 17.8. The van der Waals surface area contributed by atoms with Crippen molar-refractivity contribution in [1.29, 1.82) is 0 Å². The Bertz CT molecular complexity index is 1120. The number of aliphatic hydroxyl groups excluding tert-OH is 1. The van der Waals surface area contributed by atoms with Gasteiger partial charge in [-0.2, -0.15) is 0 Å². The Labute approximate surface area is 188 Å². The van der Waals surface area contributed by atoms with Crippen LogP contribution in [0.3, 0.4) is 0 Å². The van der Waals surface area contributed by atoms with E-state index < -0.39 is 6.10 Å². The minimum Gasteiger partial charge on any atom is -0.491 e. The fourth-order valence-electron chi connectivity index (χ4n) is 3.51. The molecule has 0 aliphatic rings. The van der Waals surface area contributed by atoms with Gasteiger partial charge in [-0.25, -0.2) is 4.57 Å². The molecule has 0 amide bonds. The third-order valence-corrected chi connectivity index (χ3v) is 5.25. The number of aliphatic hydroxyl groups is 1. The highest BCUT2D eigenvalue weighted by Crippen LogP contribution is 2.17. The lowest BCUT2D eigenvalue weighted by Gasteiger charge is -2.11. The molecule has 1 atom stereocenters. The number of carbonyl (C=O) groups is 1. The molecule has 0 aliphatic carbocycles. The van der Waals surface area contributed by atoms with Crippen LogP contribution >= 0.6 is 0 Å². The van der Waals surface area contributed by atoms with Crippen LogP contribution in [0.2, 0.25) is 0 Å². The summed E-state index contributed by atoms with van der Waals surface area (Å²) in [6.07, 6.45) is 3.64. The number of hydrogen-bond donors (Lipinski definition) is 1. The van der Waals surface area contributed by atoms with Gasteiger partial charge in [-0.1, -0.05) is 72.8 Å². The van der Waals surface area contributed by atoms with Gasteiger partial charge in [0, 0.05) is 24.1 Å². The highest BCUT2D eigenvalue weighted by atomic mass is 16.5. The second-order valence-electron chi connectivity index (χ2n) is 7.72. The van der Waals surface area contributed by atoms with Crippen LogP contribution in [0.25, 0.3) is 11.1 Å². The molecule has 0 saturated heterocycles. The van der Waals surface area contributed by atoms with Gasteiger partial charge in [0.25, 0.3) is 0 Å². The fourth-order valence-corrected chi connectivity index (χ4v) is 3.51. The first-order valence-electron chi connectivity index (χ1n) is 10.7. The zero-order valence-corrected chi connectivity index (χ0v) is 17.8. The lowest BCUT2D eigenvalue weighted by Crippen LogP contribution is -2.41.